The van der Waals surface area contributed by atoms with Gasteiger partial charge in [0.25, 0.3) is 5.56 Å². The van der Waals surface area contributed by atoms with Gasteiger partial charge in [-0.05, 0) is 47.9 Å². The predicted molar refractivity (Wildman–Crippen MR) is 165 cm³/mol. The summed E-state index contributed by atoms with van der Waals surface area (Å²) < 4.78 is 30.8. The largest absolute Gasteiger partial charge is 0.497 e. The van der Waals surface area contributed by atoms with Crippen molar-refractivity contribution in [1.29, 1.82) is 0 Å². The number of rotatable bonds is 11. The van der Waals surface area contributed by atoms with Crippen LogP contribution in [0.4, 0.5) is 0 Å². The lowest BCUT2D eigenvalue weighted by molar-refractivity contribution is -0.183. The van der Waals surface area contributed by atoms with E-state index in [4.69, 9.17) is 23.7 Å². The van der Waals surface area contributed by atoms with Crippen molar-refractivity contribution in [1.82, 2.24) is 9.55 Å². The summed E-state index contributed by atoms with van der Waals surface area (Å²) in [5.74, 6) is 0.669. The zero-order chi connectivity index (χ0) is 32.2. The quantitative estimate of drug-likeness (QED) is 0.192. The van der Waals surface area contributed by atoms with Gasteiger partial charge in [0.2, 0.25) is 0 Å². The fraction of sp³-hybridized carbons (Fsp3) is 0.324. The number of hydrogen-bond acceptors (Lipinski definition) is 9. The van der Waals surface area contributed by atoms with Crippen molar-refractivity contribution in [3.05, 3.63) is 128 Å². The number of aryl methyl sites for hydroxylation is 1. The van der Waals surface area contributed by atoms with Crippen LogP contribution in [0.15, 0.2) is 94.6 Å². The maximum atomic E-state index is 12.5. The Morgan fingerprint density at radius 3 is 2.04 bits per heavy atom. The minimum Gasteiger partial charge on any atom is -0.497 e. The molecule has 45 heavy (non-hydrogen) atoms. The number of aliphatic hydroxyl groups is 1. The van der Waals surface area contributed by atoms with Crippen LogP contribution in [0.25, 0.3) is 0 Å². The lowest BCUT2D eigenvalue weighted by atomic mass is 9.79. The molecule has 0 radical (unpaired) electrons. The number of aromatic nitrogens is 2. The number of ether oxygens (including phenoxy) is 5. The highest BCUT2D eigenvalue weighted by Crippen LogP contribution is 2.43. The van der Waals surface area contributed by atoms with Crippen molar-refractivity contribution in [3.8, 4) is 11.5 Å². The molecule has 1 saturated heterocycles. The number of benzene rings is 3. The van der Waals surface area contributed by atoms with Gasteiger partial charge in [0.05, 0.1) is 34.0 Å². The summed E-state index contributed by atoms with van der Waals surface area (Å²) >= 11 is 0. The maximum absolute atomic E-state index is 12.5. The zero-order valence-corrected chi connectivity index (χ0v) is 25.5. The lowest BCUT2D eigenvalue weighted by Gasteiger charge is -2.40. The monoisotopic (exact) mass is 616 g/mol. The average molecular weight is 617 g/mol. The van der Waals surface area contributed by atoms with Gasteiger partial charge in [-0.2, -0.15) is 0 Å². The van der Waals surface area contributed by atoms with Crippen LogP contribution in [0, 0.1) is 6.92 Å². The summed E-state index contributed by atoms with van der Waals surface area (Å²) in [5.41, 5.74) is -1.43. The van der Waals surface area contributed by atoms with Gasteiger partial charge in [0, 0.05) is 18.7 Å². The van der Waals surface area contributed by atoms with Crippen LogP contribution in [0.2, 0.25) is 0 Å². The van der Waals surface area contributed by atoms with E-state index in [2.05, 4.69) is 4.98 Å². The van der Waals surface area contributed by atoms with Crippen LogP contribution in [-0.4, -0.2) is 65.9 Å². The second kappa shape index (κ2) is 13.1. The van der Waals surface area contributed by atoms with E-state index in [1.807, 2.05) is 78.9 Å². The van der Waals surface area contributed by atoms with Crippen LogP contribution >= 0.6 is 0 Å². The molecule has 3 atom stereocenters. The highest BCUT2D eigenvalue weighted by Gasteiger charge is 2.54. The molecule has 3 aromatic carbocycles. The molecule has 1 aromatic heterocycles. The molecule has 2 N–H and O–H groups in total. The molecule has 11 nitrogen and oxygen atoms in total. The molecule has 0 aliphatic carbocycles. The highest BCUT2D eigenvalue weighted by atomic mass is 16.6. The first-order valence-electron chi connectivity index (χ1n) is 14.4. The van der Waals surface area contributed by atoms with E-state index >= 15 is 0 Å². The van der Waals surface area contributed by atoms with Gasteiger partial charge < -0.3 is 28.8 Å². The van der Waals surface area contributed by atoms with Gasteiger partial charge in [-0.1, -0.05) is 54.6 Å². The molecule has 0 unspecified atom stereocenters. The SMILES string of the molecule is COc1ccc(C(OC[C@]2(OC(C)=O)CO[C@@H](Cn3cc(C)c(=O)[nH]c3=O)[C@@H]2O)(c2ccccc2)c2ccc(OC)cc2)cc1. The Balaban J connectivity index is 1.58. The number of esters is 1. The predicted octanol–water partition coefficient (Wildman–Crippen LogP) is 2.93. The summed E-state index contributed by atoms with van der Waals surface area (Å²) in [7, 11) is 3.17. The number of hydrogen-bond donors (Lipinski definition) is 2. The van der Waals surface area contributed by atoms with Gasteiger partial charge in [0.1, 0.15) is 29.3 Å². The van der Waals surface area contributed by atoms with Gasteiger partial charge in [-0.25, -0.2) is 4.79 Å². The van der Waals surface area contributed by atoms with Crippen LogP contribution in [0.5, 0.6) is 11.5 Å². The standard InChI is InChI=1S/C34H36N2O9/c1-22-18-36(32(40)35-31(22)39)19-29-30(38)33(20-43-29,45-23(2)37)21-44-34(24-8-6-5-7-9-24,25-10-14-27(41-3)15-11-25)26-12-16-28(42-4)17-13-26/h5-18,29-30,38H,19-21H2,1-4H3,(H,35,39,40)/t29-,30-,33+/m0/s1. The summed E-state index contributed by atoms with van der Waals surface area (Å²) in [5, 5.41) is 11.7. The van der Waals surface area contributed by atoms with Gasteiger partial charge >= 0.3 is 11.7 Å². The smallest absolute Gasteiger partial charge is 0.328 e. The third kappa shape index (κ3) is 6.28. The number of carbonyl (C=O) groups is 1. The third-order valence-corrected chi connectivity index (χ3v) is 8.05. The fourth-order valence-electron chi connectivity index (χ4n) is 5.70. The highest BCUT2D eigenvalue weighted by molar-refractivity contribution is 5.66. The Morgan fingerprint density at radius 1 is 0.956 bits per heavy atom. The molecule has 1 fully saturated rings. The van der Waals surface area contributed by atoms with Crippen molar-refractivity contribution in [2.24, 2.45) is 0 Å². The number of H-pyrrole nitrogens is 1. The van der Waals surface area contributed by atoms with Gasteiger partial charge in [0.15, 0.2) is 5.60 Å². The Morgan fingerprint density at radius 2 is 1.51 bits per heavy atom. The van der Waals surface area contributed by atoms with E-state index in [-0.39, 0.29) is 19.8 Å². The van der Waals surface area contributed by atoms with Crippen LogP contribution in [0.3, 0.4) is 0 Å². The Kier molecular flexibility index (Phi) is 9.24. The lowest BCUT2D eigenvalue weighted by Crippen LogP contribution is -2.53. The van der Waals surface area contributed by atoms with E-state index in [9.17, 15) is 19.5 Å². The van der Waals surface area contributed by atoms with Crippen molar-refractivity contribution >= 4 is 5.97 Å². The Bertz CT molecular complexity index is 1690. The molecule has 236 valence electrons. The number of aromatic amines is 1. The molecule has 5 rings (SSSR count). The number of nitrogens with zero attached hydrogens (tertiary/aromatic N) is 1. The molecule has 4 aromatic rings. The molecule has 11 heteroatoms. The zero-order valence-electron chi connectivity index (χ0n) is 25.5. The second-order valence-corrected chi connectivity index (χ2v) is 11.0. The van der Waals surface area contributed by atoms with Crippen LogP contribution in [-0.2, 0) is 31.2 Å². The summed E-state index contributed by atoms with van der Waals surface area (Å²) in [6.45, 7) is 2.23. The van der Waals surface area contributed by atoms with Gasteiger partial charge in [-0.3, -0.25) is 19.1 Å². The summed E-state index contributed by atoms with van der Waals surface area (Å²) in [6, 6.07) is 24.4. The minimum atomic E-state index is -1.63. The summed E-state index contributed by atoms with van der Waals surface area (Å²) in [6.07, 6.45) is -0.947. The molecule has 1 aliphatic heterocycles. The Hall–Kier alpha value is -4.71. The normalized spacial score (nSPS) is 19.7. The fourth-order valence-corrected chi connectivity index (χ4v) is 5.70. The topological polar surface area (TPSA) is 138 Å². The molecular formula is C34H36N2O9. The number of aliphatic hydroxyl groups excluding tert-OH is 1. The van der Waals surface area contributed by atoms with Crippen LogP contribution < -0.4 is 20.7 Å². The van der Waals surface area contributed by atoms with Crippen LogP contribution in [0.1, 0.15) is 29.2 Å². The first-order chi connectivity index (χ1) is 21.6. The van der Waals surface area contributed by atoms with Crippen molar-refractivity contribution in [3.63, 3.8) is 0 Å². The first-order valence-corrected chi connectivity index (χ1v) is 14.4. The molecule has 0 amide bonds. The first kappa shape index (κ1) is 31.7. The Labute approximate surface area is 259 Å². The molecule has 0 spiro atoms. The molecule has 0 saturated carbocycles. The van der Waals surface area contributed by atoms with Crippen molar-refractivity contribution in [2.45, 2.75) is 43.8 Å². The third-order valence-electron chi connectivity index (χ3n) is 8.05. The van der Waals surface area contributed by atoms with E-state index in [0.29, 0.717) is 17.1 Å². The summed E-state index contributed by atoms with van der Waals surface area (Å²) in [4.78, 5) is 39.1. The molecular weight excluding hydrogens is 580 g/mol. The number of methoxy groups -OCH3 is 2. The van der Waals surface area contributed by atoms with Crippen molar-refractivity contribution in [2.75, 3.05) is 27.4 Å². The molecule has 2 heterocycles. The van der Waals surface area contributed by atoms with Gasteiger partial charge in [-0.15, -0.1) is 0 Å². The van der Waals surface area contributed by atoms with E-state index in [1.165, 1.54) is 17.7 Å². The number of nitrogens with one attached hydrogen (secondary N) is 1. The maximum Gasteiger partial charge on any atom is 0.328 e. The number of carbonyl (C=O) groups excluding carboxylic acids is 1. The van der Waals surface area contributed by atoms with Crippen molar-refractivity contribution < 1.29 is 33.6 Å². The molecule has 1 aliphatic rings. The van der Waals surface area contributed by atoms with E-state index in [1.54, 1.807) is 21.1 Å². The minimum absolute atomic E-state index is 0.0958. The molecule has 0 bridgehead atoms. The van der Waals surface area contributed by atoms with E-state index < -0.39 is 40.6 Å². The van der Waals surface area contributed by atoms with E-state index in [0.717, 1.165) is 16.7 Å². The second-order valence-electron chi connectivity index (χ2n) is 11.0. The average Bonchev–Trinajstić information content (AvgIpc) is 3.34.